The Morgan fingerprint density at radius 2 is 2.00 bits per heavy atom. The van der Waals surface area contributed by atoms with Crippen molar-refractivity contribution in [3.05, 3.63) is 81.8 Å². The van der Waals surface area contributed by atoms with Gasteiger partial charge in [0.05, 0.1) is 15.3 Å². The molecule has 2 aromatic carbocycles. The first-order valence-electron chi connectivity index (χ1n) is 9.62. The van der Waals surface area contributed by atoms with Gasteiger partial charge in [-0.1, -0.05) is 24.3 Å². The van der Waals surface area contributed by atoms with E-state index in [1.807, 2.05) is 72.2 Å². The van der Waals surface area contributed by atoms with Crippen LogP contribution in [-0.4, -0.2) is 22.4 Å². The Labute approximate surface area is 189 Å². The zero-order chi connectivity index (χ0) is 20.8. The smallest absolute Gasteiger partial charge is 0.248 e. The Bertz CT molecular complexity index is 1020. The van der Waals surface area contributed by atoms with Crippen LogP contribution in [0, 0.1) is 6.92 Å². The molecule has 0 saturated carbocycles. The number of thiazole rings is 1. The van der Waals surface area contributed by atoms with Crippen LogP contribution in [0.1, 0.15) is 26.4 Å². The normalized spacial score (nSPS) is 14.3. The molecule has 3 aromatic rings. The summed E-state index contributed by atoms with van der Waals surface area (Å²) < 4.78 is 6.23. The molecule has 0 radical (unpaired) electrons. The Kier molecular flexibility index (Phi) is 7.15. The topological polar surface area (TPSA) is 51.2 Å². The SMILES string of the molecule is Cc1nc(COc2ccc(C=CC(=O)Nc3cccc(C4SCCS4)c3)cc2)cs1. The molecule has 4 rings (SSSR count). The molecule has 1 N–H and O–H groups in total. The Hall–Kier alpha value is -2.22. The molecule has 154 valence electrons. The van der Waals surface area contributed by atoms with Crippen LogP contribution in [0.15, 0.2) is 60.0 Å². The molecule has 0 spiro atoms. The monoisotopic (exact) mass is 454 g/mol. The summed E-state index contributed by atoms with van der Waals surface area (Å²) in [6.45, 7) is 2.44. The third kappa shape index (κ3) is 5.90. The number of hydrogen-bond donors (Lipinski definition) is 1. The van der Waals surface area contributed by atoms with Gasteiger partial charge in [0.25, 0.3) is 0 Å². The lowest BCUT2D eigenvalue weighted by Gasteiger charge is -2.10. The van der Waals surface area contributed by atoms with Crippen LogP contribution < -0.4 is 10.1 Å². The first kappa shape index (κ1) is 21.0. The number of ether oxygens (including phenoxy) is 1. The molecule has 1 aliphatic rings. The summed E-state index contributed by atoms with van der Waals surface area (Å²) in [5, 5.41) is 6.00. The second-order valence-electron chi connectivity index (χ2n) is 6.74. The van der Waals surface area contributed by atoms with Gasteiger partial charge in [-0.25, -0.2) is 4.98 Å². The van der Waals surface area contributed by atoms with Crippen molar-refractivity contribution in [2.24, 2.45) is 0 Å². The molecule has 0 atom stereocenters. The third-order valence-corrected chi connectivity index (χ3v) is 8.34. The highest BCUT2D eigenvalue weighted by Crippen LogP contribution is 2.45. The number of carbonyl (C=O) groups excluding carboxylic acids is 1. The largest absolute Gasteiger partial charge is 0.487 e. The number of amides is 1. The Morgan fingerprint density at radius 1 is 1.20 bits per heavy atom. The average Bonchev–Trinajstić information content (AvgIpc) is 3.44. The van der Waals surface area contributed by atoms with Gasteiger partial charge < -0.3 is 10.1 Å². The molecule has 1 fully saturated rings. The number of aryl methyl sites for hydroxylation is 1. The van der Waals surface area contributed by atoms with Gasteiger partial charge in [0.2, 0.25) is 5.91 Å². The summed E-state index contributed by atoms with van der Waals surface area (Å²) in [5.74, 6) is 3.01. The van der Waals surface area contributed by atoms with Gasteiger partial charge in [-0.2, -0.15) is 0 Å². The zero-order valence-electron chi connectivity index (χ0n) is 16.5. The molecule has 0 aliphatic carbocycles. The molecular weight excluding hydrogens is 432 g/mol. The first-order valence-corrected chi connectivity index (χ1v) is 12.6. The number of carbonyl (C=O) groups is 1. The van der Waals surface area contributed by atoms with Crippen LogP contribution >= 0.6 is 34.9 Å². The highest BCUT2D eigenvalue weighted by Gasteiger charge is 2.18. The first-order chi connectivity index (χ1) is 14.7. The van der Waals surface area contributed by atoms with Gasteiger partial charge in [0.15, 0.2) is 0 Å². The Morgan fingerprint density at radius 3 is 2.73 bits per heavy atom. The lowest BCUT2D eigenvalue weighted by Crippen LogP contribution is -2.07. The van der Waals surface area contributed by atoms with Crippen molar-refractivity contribution in [1.29, 1.82) is 0 Å². The van der Waals surface area contributed by atoms with Crippen LogP contribution in [0.4, 0.5) is 5.69 Å². The van der Waals surface area contributed by atoms with Gasteiger partial charge in [0.1, 0.15) is 12.4 Å². The summed E-state index contributed by atoms with van der Waals surface area (Å²) in [7, 11) is 0. The van der Waals surface area contributed by atoms with Crippen molar-refractivity contribution in [1.82, 2.24) is 4.98 Å². The van der Waals surface area contributed by atoms with Crippen molar-refractivity contribution >= 4 is 52.5 Å². The van der Waals surface area contributed by atoms with Gasteiger partial charge >= 0.3 is 0 Å². The molecule has 30 heavy (non-hydrogen) atoms. The number of hydrogen-bond acceptors (Lipinski definition) is 6. The second kappa shape index (κ2) is 10.2. The number of nitrogens with zero attached hydrogens (tertiary/aromatic N) is 1. The zero-order valence-corrected chi connectivity index (χ0v) is 19.0. The van der Waals surface area contributed by atoms with E-state index < -0.39 is 0 Å². The van der Waals surface area contributed by atoms with E-state index in [9.17, 15) is 4.79 Å². The van der Waals surface area contributed by atoms with Crippen molar-refractivity contribution in [2.75, 3.05) is 16.8 Å². The molecule has 7 heteroatoms. The van der Waals surface area contributed by atoms with Crippen LogP contribution in [0.5, 0.6) is 5.75 Å². The number of aromatic nitrogens is 1. The molecule has 2 heterocycles. The van der Waals surface area contributed by atoms with Gasteiger partial charge in [-0.3, -0.25) is 4.79 Å². The maximum Gasteiger partial charge on any atom is 0.248 e. The third-order valence-electron chi connectivity index (χ3n) is 4.41. The van der Waals surface area contributed by atoms with Gasteiger partial charge in [-0.05, 0) is 48.4 Å². The predicted molar refractivity (Wildman–Crippen MR) is 129 cm³/mol. The summed E-state index contributed by atoms with van der Waals surface area (Å²) in [4.78, 5) is 16.7. The number of thioether (sulfide) groups is 2. The molecular formula is C23H22N2O2S3. The van der Waals surface area contributed by atoms with E-state index in [4.69, 9.17) is 4.74 Å². The fourth-order valence-electron chi connectivity index (χ4n) is 2.98. The number of benzene rings is 2. The maximum absolute atomic E-state index is 12.3. The minimum absolute atomic E-state index is 0.141. The van der Waals surface area contributed by atoms with Crippen LogP contribution in [0.3, 0.4) is 0 Å². The summed E-state index contributed by atoms with van der Waals surface area (Å²) >= 11 is 5.53. The van der Waals surface area contributed by atoms with Crippen molar-refractivity contribution in [3.8, 4) is 5.75 Å². The van der Waals surface area contributed by atoms with E-state index in [1.165, 1.54) is 17.1 Å². The molecule has 1 aromatic heterocycles. The minimum atomic E-state index is -0.141. The maximum atomic E-state index is 12.3. The number of nitrogens with one attached hydrogen (secondary N) is 1. The standard InChI is InChI=1S/C23H22N2O2S3/c1-16-24-20(15-30-16)14-27-21-8-5-17(6-9-21)7-10-22(26)25-19-4-2-3-18(13-19)23-28-11-12-29-23/h2-10,13,15,23H,11-12,14H2,1H3,(H,25,26). The van der Waals surface area contributed by atoms with E-state index in [1.54, 1.807) is 23.5 Å². The highest BCUT2D eigenvalue weighted by molar-refractivity contribution is 8.19. The van der Waals surface area contributed by atoms with E-state index in [-0.39, 0.29) is 5.91 Å². The van der Waals surface area contributed by atoms with E-state index >= 15 is 0 Å². The van der Waals surface area contributed by atoms with E-state index in [0.29, 0.717) is 11.2 Å². The van der Waals surface area contributed by atoms with E-state index in [0.717, 1.165) is 27.7 Å². The highest BCUT2D eigenvalue weighted by atomic mass is 32.2. The summed E-state index contributed by atoms with van der Waals surface area (Å²) in [5.41, 5.74) is 3.96. The van der Waals surface area contributed by atoms with Crippen molar-refractivity contribution < 1.29 is 9.53 Å². The lowest BCUT2D eigenvalue weighted by molar-refractivity contribution is -0.111. The number of anilines is 1. The quantitative estimate of drug-likeness (QED) is 0.433. The van der Waals surface area contributed by atoms with Crippen LogP contribution in [-0.2, 0) is 11.4 Å². The lowest BCUT2D eigenvalue weighted by atomic mass is 10.2. The van der Waals surface area contributed by atoms with Crippen LogP contribution in [0.25, 0.3) is 6.08 Å². The fraction of sp³-hybridized carbons (Fsp3) is 0.217. The van der Waals surface area contributed by atoms with Crippen molar-refractivity contribution in [3.63, 3.8) is 0 Å². The fourth-order valence-corrected chi connectivity index (χ4v) is 6.41. The average molecular weight is 455 g/mol. The molecule has 1 amide bonds. The summed E-state index contributed by atoms with van der Waals surface area (Å²) in [6.07, 6.45) is 3.36. The molecule has 0 bridgehead atoms. The van der Waals surface area contributed by atoms with Crippen molar-refractivity contribution in [2.45, 2.75) is 18.1 Å². The van der Waals surface area contributed by atoms with Crippen LogP contribution in [0.2, 0.25) is 0 Å². The summed E-state index contributed by atoms with van der Waals surface area (Å²) in [6, 6.07) is 15.8. The molecule has 1 saturated heterocycles. The Balaban J connectivity index is 1.30. The predicted octanol–water partition coefficient (Wildman–Crippen LogP) is 6.16. The van der Waals surface area contributed by atoms with Gasteiger partial charge in [0, 0.05) is 28.6 Å². The number of rotatable bonds is 7. The molecule has 4 nitrogen and oxygen atoms in total. The second-order valence-corrected chi connectivity index (χ2v) is 10.5. The van der Waals surface area contributed by atoms with E-state index in [2.05, 4.69) is 22.4 Å². The molecule has 1 aliphatic heterocycles. The molecule has 0 unspecified atom stereocenters. The van der Waals surface area contributed by atoms with Gasteiger partial charge in [-0.15, -0.1) is 34.9 Å². The minimum Gasteiger partial charge on any atom is -0.487 e.